The van der Waals surface area contributed by atoms with Crippen LogP contribution in [0.2, 0.25) is 0 Å². The summed E-state index contributed by atoms with van der Waals surface area (Å²) in [6.45, 7) is 0.326. The van der Waals surface area contributed by atoms with E-state index >= 15 is 0 Å². The highest BCUT2D eigenvalue weighted by Crippen LogP contribution is 2.29. The molecular weight excluding hydrogens is 367 g/mol. The predicted molar refractivity (Wildman–Crippen MR) is 100 cm³/mol. The highest BCUT2D eigenvalue weighted by Gasteiger charge is 2.29. The summed E-state index contributed by atoms with van der Waals surface area (Å²) in [5, 5.41) is 12.9. The van der Waals surface area contributed by atoms with Crippen LogP contribution in [-0.2, 0) is 17.4 Å². The minimum atomic E-state index is -4.43. The van der Waals surface area contributed by atoms with Crippen LogP contribution in [0.25, 0.3) is 17.0 Å². The van der Waals surface area contributed by atoms with E-state index in [9.17, 15) is 23.2 Å². The van der Waals surface area contributed by atoms with Crippen molar-refractivity contribution in [2.75, 3.05) is 6.54 Å². The molecule has 0 fully saturated rings. The molecule has 2 N–H and O–H groups in total. The van der Waals surface area contributed by atoms with Gasteiger partial charge in [0.15, 0.2) is 0 Å². The maximum absolute atomic E-state index is 12.6. The number of aromatic nitrogens is 1. The van der Waals surface area contributed by atoms with Gasteiger partial charge in [0, 0.05) is 23.6 Å². The Hall–Kier alpha value is -3.53. The molecule has 0 aliphatic carbocycles. The molecule has 4 nitrogen and oxygen atoms in total. The molecule has 3 aromatic rings. The molecule has 3 rings (SSSR count). The van der Waals surface area contributed by atoms with Crippen LogP contribution in [0.4, 0.5) is 13.2 Å². The highest BCUT2D eigenvalue weighted by molar-refractivity contribution is 6.01. The number of nitrogens with one attached hydrogen (secondary N) is 2. The van der Waals surface area contributed by atoms with Gasteiger partial charge >= 0.3 is 6.18 Å². The van der Waals surface area contributed by atoms with Gasteiger partial charge in [0.1, 0.15) is 11.6 Å². The third kappa shape index (κ3) is 4.41. The number of nitriles is 1. The summed E-state index contributed by atoms with van der Waals surface area (Å²) >= 11 is 0. The van der Waals surface area contributed by atoms with E-state index < -0.39 is 17.6 Å². The van der Waals surface area contributed by atoms with Crippen LogP contribution in [0.15, 0.2) is 60.3 Å². The van der Waals surface area contributed by atoms with E-state index in [-0.39, 0.29) is 5.57 Å². The first-order chi connectivity index (χ1) is 13.4. The second-order valence-corrected chi connectivity index (χ2v) is 6.15. The molecule has 0 saturated carbocycles. The summed E-state index contributed by atoms with van der Waals surface area (Å²) in [6, 6.07) is 13.8. The van der Waals surface area contributed by atoms with Crippen LogP contribution in [0.5, 0.6) is 0 Å². The van der Waals surface area contributed by atoms with Crippen LogP contribution in [0, 0.1) is 11.3 Å². The number of H-pyrrole nitrogens is 1. The zero-order valence-electron chi connectivity index (χ0n) is 14.7. The van der Waals surface area contributed by atoms with Crippen LogP contribution < -0.4 is 5.32 Å². The van der Waals surface area contributed by atoms with Crippen molar-refractivity contribution >= 4 is 22.9 Å². The number of fused-ring (bicyclic) bond motifs is 1. The summed E-state index contributed by atoms with van der Waals surface area (Å²) in [6.07, 6.45) is -0.712. The average molecular weight is 383 g/mol. The number of alkyl halides is 3. The Bertz CT molecular complexity index is 1060. The summed E-state index contributed by atoms with van der Waals surface area (Å²) in [4.78, 5) is 15.4. The quantitative estimate of drug-likeness (QED) is 0.505. The standard InChI is InChI=1S/C21H16F3N3O/c22-21(23,24)17-7-5-14(6-8-17)11-16(12-25)20(28)26-10-9-15-13-27-19-4-2-1-3-18(15)19/h1-8,11,13,27H,9-10H2,(H,26,28)/b16-11-. The van der Waals surface area contributed by atoms with Gasteiger partial charge in [-0.3, -0.25) is 4.79 Å². The number of halogens is 3. The van der Waals surface area contributed by atoms with Crippen LogP contribution in [0.3, 0.4) is 0 Å². The van der Waals surface area contributed by atoms with E-state index in [2.05, 4.69) is 10.3 Å². The summed E-state index contributed by atoms with van der Waals surface area (Å²) in [7, 11) is 0. The third-order valence-electron chi connectivity index (χ3n) is 4.27. The van der Waals surface area contributed by atoms with Gasteiger partial charge in [-0.1, -0.05) is 30.3 Å². The van der Waals surface area contributed by atoms with E-state index in [4.69, 9.17) is 0 Å². The average Bonchev–Trinajstić information content (AvgIpc) is 3.09. The van der Waals surface area contributed by atoms with Gasteiger partial charge in [0.25, 0.3) is 5.91 Å². The second kappa shape index (κ2) is 8.01. The molecule has 0 aliphatic heterocycles. The number of para-hydroxylation sites is 1. The molecule has 0 bridgehead atoms. The number of nitrogens with zero attached hydrogens (tertiary/aromatic N) is 1. The molecule has 0 unspecified atom stereocenters. The van der Waals surface area contributed by atoms with E-state index in [1.165, 1.54) is 18.2 Å². The fourth-order valence-corrected chi connectivity index (χ4v) is 2.83. The van der Waals surface area contributed by atoms with Crippen LogP contribution in [0.1, 0.15) is 16.7 Å². The van der Waals surface area contributed by atoms with Crippen molar-refractivity contribution in [2.45, 2.75) is 12.6 Å². The molecule has 0 radical (unpaired) electrons. The lowest BCUT2D eigenvalue weighted by Crippen LogP contribution is -2.26. The van der Waals surface area contributed by atoms with E-state index in [0.29, 0.717) is 18.5 Å². The zero-order valence-corrected chi connectivity index (χ0v) is 14.7. The van der Waals surface area contributed by atoms with E-state index in [0.717, 1.165) is 28.6 Å². The number of rotatable bonds is 5. The summed E-state index contributed by atoms with van der Waals surface area (Å²) in [5.74, 6) is -0.567. The maximum atomic E-state index is 12.6. The van der Waals surface area contributed by atoms with Gasteiger partial charge < -0.3 is 10.3 Å². The Kier molecular flexibility index (Phi) is 5.50. The molecule has 28 heavy (non-hydrogen) atoms. The Balaban J connectivity index is 1.63. The number of benzene rings is 2. The van der Waals surface area contributed by atoms with Crippen molar-refractivity contribution in [1.29, 1.82) is 5.26 Å². The predicted octanol–water partition coefficient (Wildman–Crippen LogP) is 4.45. The van der Waals surface area contributed by atoms with Gasteiger partial charge in [-0.05, 0) is 41.8 Å². The maximum Gasteiger partial charge on any atom is 0.416 e. The Labute approximate surface area is 159 Å². The lowest BCUT2D eigenvalue weighted by molar-refractivity contribution is -0.137. The number of hydrogen-bond acceptors (Lipinski definition) is 2. The van der Waals surface area contributed by atoms with Crippen molar-refractivity contribution < 1.29 is 18.0 Å². The number of carbonyl (C=O) groups is 1. The van der Waals surface area contributed by atoms with E-state index in [1.54, 1.807) is 6.07 Å². The van der Waals surface area contributed by atoms with Crippen molar-refractivity contribution in [2.24, 2.45) is 0 Å². The largest absolute Gasteiger partial charge is 0.416 e. The molecule has 1 aromatic heterocycles. The van der Waals surface area contributed by atoms with E-state index in [1.807, 2.05) is 30.5 Å². The topological polar surface area (TPSA) is 68.7 Å². The molecular formula is C21H16F3N3O. The number of amides is 1. The van der Waals surface area contributed by atoms with Gasteiger partial charge in [-0.2, -0.15) is 18.4 Å². The lowest BCUT2D eigenvalue weighted by atomic mass is 10.1. The van der Waals surface area contributed by atoms with Gasteiger partial charge in [-0.25, -0.2) is 0 Å². The summed E-state index contributed by atoms with van der Waals surface area (Å²) < 4.78 is 37.8. The zero-order chi connectivity index (χ0) is 20.1. The fraction of sp³-hybridized carbons (Fsp3) is 0.143. The van der Waals surface area contributed by atoms with Crippen molar-refractivity contribution in [3.8, 4) is 6.07 Å². The Morgan fingerprint density at radius 2 is 1.86 bits per heavy atom. The first kappa shape index (κ1) is 19.2. The minimum Gasteiger partial charge on any atom is -0.361 e. The Morgan fingerprint density at radius 1 is 1.14 bits per heavy atom. The first-order valence-electron chi connectivity index (χ1n) is 8.51. The SMILES string of the molecule is N#C/C(=C/c1ccc(C(F)(F)F)cc1)C(=O)NCCc1c[nH]c2ccccc12. The van der Waals surface area contributed by atoms with Gasteiger partial charge in [-0.15, -0.1) is 0 Å². The van der Waals surface area contributed by atoms with Crippen molar-refractivity contribution in [1.82, 2.24) is 10.3 Å². The lowest BCUT2D eigenvalue weighted by Gasteiger charge is -2.07. The van der Waals surface area contributed by atoms with Crippen LogP contribution >= 0.6 is 0 Å². The Morgan fingerprint density at radius 3 is 2.54 bits per heavy atom. The molecule has 0 aliphatic rings. The molecule has 0 atom stereocenters. The molecule has 7 heteroatoms. The molecule has 0 spiro atoms. The highest BCUT2D eigenvalue weighted by atomic mass is 19.4. The number of aromatic amines is 1. The first-order valence-corrected chi connectivity index (χ1v) is 8.51. The van der Waals surface area contributed by atoms with Gasteiger partial charge in [0.05, 0.1) is 5.56 Å². The van der Waals surface area contributed by atoms with Crippen molar-refractivity contribution in [3.63, 3.8) is 0 Å². The summed E-state index contributed by atoms with van der Waals surface area (Å²) in [5.41, 5.74) is 1.44. The fourth-order valence-electron chi connectivity index (χ4n) is 2.83. The molecule has 0 saturated heterocycles. The van der Waals surface area contributed by atoms with Gasteiger partial charge in [0.2, 0.25) is 0 Å². The third-order valence-corrected chi connectivity index (χ3v) is 4.27. The smallest absolute Gasteiger partial charge is 0.361 e. The molecule has 1 amide bonds. The number of hydrogen-bond donors (Lipinski definition) is 2. The molecule has 142 valence electrons. The monoisotopic (exact) mass is 383 g/mol. The molecule has 2 aromatic carbocycles. The van der Waals surface area contributed by atoms with Crippen LogP contribution in [-0.4, -0.2) is 17.4 Å². The molecule has 1 heterocycles. The van der Waals surface area contributed by atoms with Crippen molar-refractivity contribution in [3.05, 3.63) is 77.0 Å². The minimum absolute atomic E-state index is 0.168. The second-order valence-electron chi connectivity index (χ2n) is 6.15. The number of carbonyl (C=O) groups excluding carboxylic acids is 1. The normalized spacial score (nSPS) is 12.0.